The Morgan fingerprint density at radius 1 is 0.303 bits per heavy atom. The summed E-state index contributed by atoms with van der Waals surface area (Å²) in [6, 6.07) is 0. The molecule has 16 heteroatoms. The van der Waals surface area contributed by atoms with Crippen molar-refractivity contribution in [3.05, 3.63) is 29.7 Å². The average Bonchev–Trinajstić information content (AvgIpc) is 4.19. The maximum Gasteiger partial charge on any atom is -0.0414 e. The first kappa shape index (κ1) is 107. The molecular formula is C73H158Cl4N8W4-4. The Morgan fingerprint density at radius 3 is 0.640 bits per heavy atom. The van der Waals surface area contributed by atoms with E-state index in [1.807, 2.05) is 0 Å². The van der Waals surface area contributed by atoms with Gasteiger partial charge in [0.25, 0.3) is 0 Å². The number of rotatable bonds is 11. The van der Waals surface area contributed by atoms with E-state index in [9.17, 15) is 0 Å². The van der Waals surface area contributed by atoms with E-state index in [2.05, 4.69) is 256 Å². The number of unbranched alkanes of at least 4 members (excludes halogenated alkanes) is 1. The molecule has 0 aliphatic heterocycles. The van der Waals surface area contributed by atoms with E-state index in [1.165, 1.54) is 103 Å². The SMILES string of the molecule is C1CCCC1.CC(C)(C)C1CCCC1.CC1C(C)C(C)C(C)C1C.CCC(C)(C)[N]=[W]([Cl])=[N]C(C)(C)C.CCC(C)(C)[N]=[W]([Cl])=[N]C(C)(C)C.CCC(C)(C)[N]=[W]([Cl])=[N]C(C)(C)C.CCC(C)(C)[N]=[W]([Cl])=[N]C(C)(C)C.CCCCC1CCCC1.[CH3-].[CH3-].[CH3-].[CH3-]. The molecule has 546 valence electrons. The molecule has 4 aliphatic rings. The van der Waals surface area contributed by atoms with Crippen molar-refractivity contribution in [1.82, 2.24) is 0 Å². The summed E-state index contributed by atoms with van der Waals surface area (Å²) in [5.74, 6) is 6.80. The van der Waals surface area contributed by atoms with E-state index in [1.54, 1.807) is 0 Å². The molecule has 0 bridgehead atoms. The van der Waals surface area contributed by atoms with Crippen molar-refractivity contribution in [2.45, 2.75) is 401 Å². The summed E-state index contributed by atoms with van der Waals surface area (Å²) in [6.45, 7) is 71.7. The molecule has 0 radical (unpaired) electrons. The predicted molar refractivity (Wildman–Crippen MR) is 397 cm³/mol. The van der Waals surface area contributed by atoms with Gasteiger partial charge in [-0.05, 0) is 59.7 Å². The first-order chi connectivity index (χ1) is 38.2. The molecule has 4 aliphatic carbocycles. The van der Waals surface area contributed by atoms with Gasteiger partial charge in [0.05, 0.1) is 0 Å². The molecule has 4 rings (SSSR count). The Balaban J connectivity index is -0.000000141. The molecule has 0 atom stereocenters. The molecular weight excluding hydrogens is 1870 g/mol. The van der Waals surface area contributed by atoms with Crippen LogP contribution in [0.3, 0.4) is 0 Å². The number of halogens is 4. The predicted octanol–water partition coefficient (Wildman–Crippen LogP) is 30.0. The fraction of sp³-hybridized carbons (Fsp3) is 0.945. The average molecular weight is 2030 g/mol. The Kier molecular flexibility index (Phi) is 63.1. The Hall–Kier alpha value is 2.31. The van der Waals surface area contributed by atoms with E-state index in [0.717, 1.165) is 67.1 Å². The third-order valence-corrected chi connectivity index (χ3v) is 40.4. The van der Waals surface area contributed by atoms with Gasteiger partial charge in [-0.15, -0.1) is 0 Å². The Bertz CT molecular complexity index is 1860. The molecule has 89 heavy (non-hydrogen) atoms. The van der Waals surface area contributed by atoms with Crippen LogP contribution in [0.1, 0.15) is 357 Å². The fourth-order valence-corrected chi connectivity index (χ4v) is 36.6. The van der Waals surface area contributed by atoms with Crippen LogP contribution in [0.4, 0.5) is 0 Å². The van der Waals surface area contributed by atoms with E-state index in [0.29, 0.717) is 5.41 Å². The first-order valence-corrected chi connectivity index (χ1v) is 58.7. The zero-order valence-corrected chi connectivity index (χ0v) is 81.2. The summed E-state index contributed by atoms with van der Waals surface area (Å²) in [4.78, 5) is 0. The van der Waals surface area contributed by atoms with Gasteiger partial charge in [0.15, 0.2) is 0 Å². The molecule has 0 aromatic heterocycles. The maximum atomic E-state index is 6.19. The van der Waals surface area contributed by atoms with Crippen molar-refractivity contribution in [1.29, 1.82) is 0 Å². The fourth-order valence-electron chi connectivity index (χ4n) is 8.92. The van der Waals surface area contributed by atoms with Crippen molar-refractivity contribution in [3.63, 3.8) is 0 Å². The van der Waals surface area contributed by atoms with Crippen LogP contribution >= 0.6 is 37.7 Å². The quantitative estimate of drug-likeness (QED) is 0.184. The number of nitrogens with zero attached hydrogens (tertiary/aromatic N) is 8. The maximum absolute atomic E-state index is 6.19. The van der Waals surface area contributed by atoms with Gasteiger partial charge in [-0.1, -0.05) is 152 Å². The summed E-state index contributed by atoms with van der Waals surface area (Å²) < 4.78 is 36.6. The van der Waals surface area contributed by atoms with Crippen LogP contribution in [0, 0.1) is 76.5 Å². The molecule has 4 fully saturated rings. The van der Waals surface area contributed by atoms with Gasteiger partial charge in [-0.2, -0.15) is 0 Å². The van der Waals surface area contributed by atoms with Gasteiger partial charge in [-0.3, -0.25) is 0 Å². The number of hydrogen-bond acceptors (Lipinski definition) is 8. The van der Waals surface area contributed by atoms with Gasteiger partial charge in [0.1, 0.15) is 0 Å². The summed E-state index contributed by atoms with van der Waals surface area (Å²) in [6.07, 6.45) is 28.0. The zero-order chi connectivity index (χ0) is 67.6. The standard InChI is InChI=1S/C10H20.2C9H18.4C5H11N.C5H10.4C4H9N.4CH3.4ClH.4W/c1-6-7(2)9(4)10(5)8(6)3;1-9(2,3)8-6-4-5-7-8;1-2-3-6-9-7-4-5-8-9;4*1-4-5(2,3)6;1-2-4-5-3-1;4*1-4(2,3)5;;;;;;;;;;;;/h6-10H,1-5H3;8H,4-7H2,1-3H3;9H,2-8H2,1H3;4*4H2,1-3H3;1-5H2;4*1-3H3;4*1H3;4*1H;;;;/q;;;;;;;;;;;;4*-1;;;;;4*+1/p-4. The molecule has 0 spiro atoms. The number of hydrogen-bond donors (Lipinski definition) is 0. The summed E-state index contributed by atoms with van der Waals surface area (Å²) in [5.41, 5.74) is 0.553. The molecule has 4 saturated carbocycles. The molecule has 0 heterocycles. The van der Waals surface area contributed by atoms with E-state index in [4.69, 9.17) is 37.7 Å². The van der Waals surface area contributed by atoms with Gasteiger partial charge in [0, 0.05) is 0 Å². The topological polar surface area (TPSA) is 98.9 Å². The second-order valence-electron chi connectivity index (χ2n) is 32.7. The minimum absolute atomic E-state index is 0. The molecule has 0 amide bonds. The molecule has 0 saturated heterocycles. The Labute approximate surface area is 600 Å². The van der Waals surface area contributed by atoms with Crippen LogP contribution in [0.25, 0.3) is 0 Å². The second kappa shape index (κ2) is 52.3. The molecule has 0 aromatic rings. The van der Waals surface area contributed by atoms with Gasteiger partial charge in [-0.25, -0.2) is 0 Å². The van der Waals surface area contributed by atoms with Gasteiger partial charge >= 0.3 is 365 Å². The minimum Gasteiger partial charge on any atom is -0.358 e. The van der Waals surface area contributed by atoms with Crippen molar-refractivity contribution >= 4 is 37.7 Å². The van der Waals surface area contributed by atoms with E-state index < -0.39 is 63.6 Å². The third-order valence-electron chi connectivity index (χ3n) is 16.6. The van der Waals surface area contributed by atoms with Crippen molar-refractivity contribution in [2.75, 3.05) is 0 Å². The van der Waals surface area contributed by atoms with Crippen LogP contribution in [0.5, 0.6) is 0 Å². The minimum atomic E-state index is -2.28. The smallest absolute Gasteiger partial charge is 0.0414 e. The van der Waals surface area contributed by atoms with Crippen LogP contribution in [0.2, 0.25) is 0 Å². The van der Waals surface area contributed by atoms with Crippen LogP contribution in [-0.4, -0.2) is 44.3 Å². The normalized spacial score (nSPS) is 20.9. The third kappa shape index (κ3) is 66.0. The molecule has 0 N–H and O–H groups in total. The van der Waals surface area contributed by atoms with Gasteiger partial charge < -0.3 is 29.7 Å². The monoisotopic (exact) mass is 2020 g/mol. The van der Waals surface area contributed by atoms with Crippen LogP contribution < -0.4 is 0 Å². The van der Waals surface area contributed by atoms with Gasteiger partial charge in [0.2, 0.25) is 0 Å². The molecule has 0 unspecified atom stereocenters. The second-order valence-corrected chi connectivity index (χ2v) is 53.3. The van der Waals surface area contributed by atoms with Crippen molar-refractivity contribution in [2.24, 2.45) is 74.8 Å². The summed E-state index contributed by atoms with van der Waals surface area (Å²) >= 11 is -9.11. The Morgan fingerprint density at radius 2 is 0.494 bits per heavy atom. The first-order valence-electron chi connectivity index (χ1n) is 33.7. The summed E-state index contributed by atoms with van der Waals surface area (Å²) in [5, 5.41) is 0. The van der Waals surface area contributed by atoms with E-state index >= 15 is 0 Å². The largest absolute Gasteiger partial charge is 0.358 e. The van der Waals surface area contributed by atoms with Crippen molar-refractivity contribution < 1.29 is 63.6 Å². The zero-order valence-electron chi connectivity index (χ0n) is 66.4. The molecule has 8 nitrogen and oxygen atoms in total. The summed E-state index contributed by atoms with van der Waals surface area (Å²) in [7, 11) is 24.8. The van der Waals surface area contributed by atoms with Crippen LogP contribution in [-0.2, 0) is 63.6 Å². The van der Waals surface area contributed by atoms with E-state index in [-0.39, 0.29) is 74.0 Å². The van der Waals surface area contributed by atoms with Crippen molar-refractivity contribution in [3.8, 4) is 0 Å². The van der Waals surface area contributed by atoms with Crippen LogP contribution in [0.15, 0.2) is 28.0 Å². The molecule has 0 aromatic carbocycles.